The number of fused-ring (bicyclic) bond motifs is 1. The number of carbonyl (C=O) groups excluding carboxylic acids is 2. The van der Waals surface area contributed by atoms with Crippen LogP contribution in [0.25, 0.3) is 0 Å². The predicted octanol–water partition coefficient (Wildman–Crippen LogP) is 3.61. The van der Waals surface area contributed by atoms with Crippen molar-refractivity contribution in [2.75, 3.05) is 28.7 Å². The smallest absolute Gasteiger partial charge is 0.251 e. The van der Waals surface area contributed by atoms with Gasteiger partial charge in [-0.25, -0.2) is 9.37 Å². The molecule has 1 aliphatic heterocycles. The fourth-order valence-electron chi connectivity index (χ4n) is 4.22. The SMILES string of the molecule is CC1(C)C(=O)N(CCO)c2ccc(Nc3ncc(F)c(Nc4ccc(C(=O)NC5CC5)cc4)n3)cc21. The summed E-state index contributed by atoms with van der Waals surface area (Å²) >= 11 is 0. The third kappa shape index (κ3) is 4.59. The van der Waals surface area contributed by atoms with E-state index in [2.05, 4.69) is 25.9 Å². The molecule has 2 heterocycles. The standard InChI is InChI=1S/C26H27FN6O3/c1-26(2)19-13-18(9-10-21(19)33(11-12-34)24(26)36)31-25-28-14-20(27)22(32-25)29-16-5-3-15(4-6-16)23(35)30-17-7-8-17/h3-6,9-10,13-14,17,34H,7-8,11-12H2,1-2H3,(H,30,35)(H2,28,29,31,32). The summed E-state index contributed by atoms with van der Waals surface area (Å²) in [6, 6.07) is 12.4. The summed E-state index contributed by atoms with van der Waals surface area (Å²) in [5.74, 6) is -0.676. The summed E-state index contributed by atoms with van der Waals surface area (Å²) in [5.41, 5.74) is 2.57. The van der Waals surface area contributed by atoms with Gasteiger partial charge in [0.25, 0.3) is 5.91 Å². The Bertz CT molecular complexity index is 1320. The fraction of sp³-hybridized carbons (Fsp3) is 0.308. The quantitative estimate of drug-likeness (QED) is 0.381. The molecule has 2 aliphatic rings. The van der Waals surface area contributed by atoms with Gasteiger partial charge in [-0.15, -0.1) is 0 Å². The molecule has 0 atom stereocenters. The number of halogens is 1. The third-order valence-corrected chi connectivity index (χ3v) is 6.39. The maximum atomic E-state index is 14.4. The van der Waals surface area contributed by atoms with Crippen molar-refractivity contribution in [3.63, 3.8) is 0 Å². The lowest BCUT2D eigenvalue weighted by atomic mass is 9.86. The van der Waals surface area contributed by atoms with Gasteiger partial charge in [-0.2, -0.15) is 4.98 Å². The number of aliphatic hydroxyl groups excluding tert-OH is 1. The number of carbonyl (C=O) groups is 2. The predicted molar refractivity (Wildman–Crippen MR) is 134 cm³/mol. The van der Waals surface area contributed by atoms with Crippen LogP contribution in [0.4, 0.5) is 33.2 Å². The Morgan fingerprint density at radius 3 is 2.56 bits per heavy atom. The first-order valence-corrected chi connectivity index (χ1v) is 11.8. The first kappa shape index (κ1) is 23.7. The molecule has 4 N–H and O–H groups in total. The molecule has 0 unspecified atom stereocenters. The van der Waals surface area contributed by atoms with Crippen molar-refractivity contribution >= 4 is 40.6 Å². The zero-order valence-electron chi connectivity index (χ0n) is 20.0. The van der Waals surface area contributed by atoms with Crippen molar-refractivity contribution in [3.8, 4) is 0 Å². The minimum atomic E-state index is -0.750. The highest BCUT2D eigenvalue weighted by atomic mass is 19.1. The number of rotatable bonds is 8. The van der Waals surface area contributed by atoms with E-state index in [4.69, 9.17) is 0 Å². The molecule has 2 amide bonds. The zero-order valence-corrected chi connectivity index (χ0v) is 20.0. The van der Waals surface area contributed by atoms with Crippen molar-refractivity contribution < 1.29 is 19.1 Å². The first-order valence-electron chi connectivity index (χ1n) is 11.8. The topological polar surface area (TPSA) is 119 Å². The van der Waals surface area contributed by atoms with E-state index in [1.54, 1.807) is 35.2 Å². The second-order valence-corrected chi connectivity index (χ2v) is 9.50. The summed E-state index contributed by atoms with van der Waals surface area (Å²) in [5, 5.41) is 18.3. The van der Waals surface area contributed by atoms with Crippen LogP contribution in [0, 0.1) is 5.82 Å². The third-order valence-electron chi connectivity index (χ3n) is 6.39. The highest BCUT2D eigenvalue weighted by molar-refractivity contribution is 6.08. The monoisotopic (exact) mass is 490 g/mol. The van der Waals surface area contributed by atoms with Crippen LogP contribution < -0.4 is 20.9 Å². The number of nitrogens with one attached hydrogen (secondary N) is 3. The second kappa shape index (κ2) is 9.19. The van der Waals surface area contributed by atoms with E-state index in [1.165, 1.54) is 0 Å². The molecule has 36 heavy (non-hydrogen) atoms. The minimum Gasteiger partial charge on any atom is -0.395 e. The van der Waals surface area contributed by atoms with Gasteiger partial charge in [0, 0.05) is 35.2 Å². The Labute approximate surface area is 207 Å². The molecule has 9 nitrogen and oxygen atoms in total. The number of aromatic nitrogens is 2. The van der Waals surface area contributed by atoms with Crippen LogP contribution in [-0.2, 0) is 10.2 Å². The molecule has 0 radical (unpaired) electrons. The van der Waals surface area contributed by atoms with Gasteiger partial charge in [0.05, 0.1) is 18.2 Å². The molecule has 0 saturated heterocycles. The van der Waals surface area contributed by atoms with E-state index in [0.717, 1.165) is 30.3 Å². The molecule has 186 valence electrons. The van der Waals surface area contributed by atoms with E-state index in [1.807, 2.05) is 26.0 Å². The van der Waals surface area contributed by atoms with Crippen LogP contribution in [-0.4, -0.2) is 46.1 Å². The van der Waals surface area contributed by atoms with Gasteiger partial charge in [-0.1, -0.05) is 0 Å². The van der Waals surface area contributed by atoms with Crippen molar-refractivity contribution in [3.05, 3.63) is 65.6 Å². The van der Waals surface area contributed by atoms with Crippen LogP contribution in [0.2, 0.25) is 0 Å². The van der Waals surface area contributed by atoms with Crippen molar-refractivity contribution in [2.24, 2.45) is 0 Å². The zero-order chi connectivity index (χ0) is 25.4. The summed E-state index contributed by atoms with van der Waals surface area (Å²) in [6.07, 6.45) is 3.09. The highest BCUT2D eigenvalue weighted by Crippen LogP contribution is 2.42. The first-order chi connectivity index (χ1) is 17.3. The number of amides is 2. The lowest BCUT2D eigenvalue weighted by Crippen LogP contribution is -2.37. The van der Waals surface area contributed by atoms with E-state index >= 15 is 0 Å². The molecule has 10 heteroatoms. The molecule has 1 aliphatic carbocycles. The van der Waals surface area contributed by atoms with E-state index in [-0.39, 0.29) is 42.8 Å². The summed E-state index contributed by atoms with van der Waals surface area (Å²) in [6.45, 7) is 3.78. The van der Waals surface area contributed by atoms with Crippen LogP contribution in [0.15, 0.2) is 48.7 Å². The lowest BCUT2D eigenvalue weighted by Gasteiger charge is -2.19. The maximum Gasteiger partial charge on any atom is 0.251 e. The van der Waals surface area contributed by atoms with Crippen LogP contribution >= 0.6 is 0 Å². The Morgan fingerprint density at radius 2 is 1.86 bits per heavy atom. The summed E-state index contributed by atoms with van der Waals surface area (Å²) in [4.78, 5) is 34.8. The van der Waals surface area contributed by atoms with Gasteiger partial charge in [0.2, 0.25) is 11.9 Å². The van der Waals surface area contributed by atoms with Crippen molar-refractivity contribution in [2.45, 2.75) is 38.1 Å². The maximum absolute atomic E-state index is 14.4. The molecule has 1 aromatic heterocycles. The molecule has 3 aromatic rings. The Kier molecular flexibility index (Phi) is 6.05. The van der Waals surface area contributed by atoms with Gasteiger partial charge in [0.15, 0.2) is 11.6 Å². The average Bonchev–Trinajstić information content (AvgIpc) is 3.66. The second-order valence-electron chi connectivity index (χ2n) is 9.50. The number of hydrogen-bond donors (Lipinski definition) is 4. The Hall–Kier alpha value is -4.05. The summed E-state index contributed by atoms with van der Waals surface area (Å²) in [7, 11) is 0. The number of hydrogen-bond acceptors (Lipinski definition) is 7. The van der Waals surface area contributed by atoms with Crippen LogP contribution in [0.3, 0.4) is 0 Å². The number of aliphatic hydroxyl groups is 1. The molecule has 1 saturated carbocycles. The molecular weight excluding hydrogens is 463 g/mol. The molecule has 0 bridgehead atoms. The van der Waals surface area contributed by atoms with Gasteiger partial charge in [-0.3, -0.25) is 9.59 Å². The number of anilines is 5. The lowest BCUT2D eigenvalue weighted by molar-refractivity contribution is -0.122. The van der Waals surface area contributed by atoms with Crippen molar-refractivity contribution in [1.82, 2.24) is 15.3 Å². The Balaban J connectivity index is 1.32. The molecular formula is C26H27FN6O3. The molecule has 2 aromatic carbocycles. The largest absolute Gasteiger partial charge is 0.395 e. The number of nitrogens with zero attached hydrogens (tertiary/aromatic N) is 3. The van der Waals surface area contributed by atoms with E-state index in [0.29, 0.717) is 16.9 Å². The van der Waals surface area contributed by atoms with E-state index in [9.17, 15) is 19.1 Å². The normalized spacial score (nSPS) is 16.0. The van der Waals surface area contributed by atoms with Gasteiger partial charge in [0.1, 0.15) is 0 Å². The fourth-order valence-corrected chi connectivity index (χ4v) is 4.22. The van der Waals surface area contributed by atoms with Crippen molar-refractivity contribution in [1.29, 1.82) is 0 Å². The molecule has 0 spiro atoms. The number of β-amino-alcohol motifs (C(OH)–C–C–N with tert-alkyl or cyclic N) is 1. The molecule has 1 fully saturated rings. The summed E-state index contributed by atoms with van der Waals surface area (Å²) < 4.78 is 14.4. The number of benzene rings is 2. The molecule has 5 rings (SSSR count). The minimum absolute atomic E-state index is 0.0199. The van der Waals surface area contributed by atoms with Crippen LogP contribution in [0.5, 0.6) is 0 Å². The van der Waals surface area contributed by atoms with Gasteiger partial charge in [-0.05, 0) is 74.7 Å². The van der Waals surface area contributed by atoms with E-state index < -0.39 is 11.2 Å². The van der Waals surface area contributed by atoms with Gasteiger partial charge < -0.3 is 26.0 Å². The van der Waals surface area contributed by atoms with Gasteiger partial charge >= 0.3 is 0 Å². The Morgan fingerprint density at radius 1 is 1.14 bits per heavy atom. The highest BCUT2D eigenvalue weighted by Gasteiger charge is 2.43. The van der Waals surface area contributed by atoms with Crippen LogP contribution in [0.1, 0.15) is 42.6 Å². The average molecular weight is 491 g/mol.